The largest absolute Gasteiger partial charge is 0.340 e. The molecule has 4 rings (SSSR count). The summed E-state index contributed by atoms with van der Waals surface area (Å²) in [6, 6.07) is 6.88. The molecular formula is C18H21FN6O. The van der Waals surface area contributed by atoms with E-state index in [-0.39, 0.29) is 23.3 Å². The lowest BCUT2D eigenvalue weighted by Gasteiger charge is -2.25. The number of aryl methyl sites for hydroxylation is 1. The number of anilines is 1. The lowest BCUT2D eigenvalue weighted by atomic mass is 9.94. The first-order valence-electron chi connectivity index (χ1n) is 8.53. The van der Waals surface area contributed by atoms with Crippen LogP contribution in [0.15, 0.2) is 35.3 Å². The molecule has 0 amide bonds. The van der Waals surface area contributed by atoms with Gasteiger partial charge in [0.2, 0.25) is 5.95 Å². The van der Waals surface area contributed by atoms with Crippen molar-refractivity contribution in [2.45, 2.75) is 12.0 Å². The summed E-state index contributed by atoms with van der Waals surface area (Å²) in [5, 5.41) is 4.59. The number of rotatable bonds is 3. The maximum Gasteiger partial charge on any atom is 0.263 e. The van der Waals surface area contributed by atoms with Crippen LogP contribution in [0.25, 0.3) is 11.0 Å². The molecule has 2 aromatic heterocycles. The van der Waals surface area contributed by atoms with E-state index in [1.165, 1.54) is 18.3 Å². The maximum absolute atomic E-state index is 13.3. The van der Waals surface area contributed by atoms with Crippen LogP contribution in [-0.2, 0) is 7.05 Å². The summed E-state index contributed by atoms with van der Waals surface area (Å²) in [7, 11) is 5.84. The van der Waals surface area contributed by atoms with Gasteiger partial charge < -0.3 is 9.80 Å². The first-order valence-corrected chi connectivity index (χ1v) is 8.53. The van der Waals surface area contributed by atoms with Crippen LogP contribution in [0.5, 0.6) is 0 Å². The van der Waals surface area contributed by atoms with Gasteiger partial charge in [-0.2, -0.15) is 10.1 Å². The molecule has 0 unspecified atom stereocenters. The Morgan fingerprint density at radius 1 is 1.23 bits per heavy atom. The number of nitrogens with one attached hydrogen (secondary N) is 1. The highest BCUT2D eigenvalue weighted by molar-refractivity contribution is 5.74. The second-order valence-electron chi connectivity index (χ2n) is 6.99. The average Bonchev–Trinajstić information content (AvgIpc) is 3.21. The molecule has 1 saturated heterocycles. The van der Waals surface area contributed by atoms with Crippen LogP contribution in [0.3, 0.4) is 0 Å². The minimum absolute atomic E-state index is 0.190. The number of likely N-dealkylation sites (N-methyl/N-ethyl adjacent to an activating group) is 1. The first kappa shape index (κ1) is 16.7. The van der Waals surface area contributed by atoms with Crippen molar-refractivity contribution in [1.82, 2.24) is 24.6 Å². The number of halogens is 1. The molecule has 8 heteroatoms. The summed E-state index contributed by atoms with van der Waals surface area (Å²) in [5.41, 5.74) is 1.46. The predicted molar refractivity (Wildman–Crippen MR) is 98.0 cm³/mol. The maximum atomic E-state index is 13.3. The lowest BCUT2D eigenvalue weighted by Crippen LogP contribution is -2.35. The van der Waals surface area contributed by atoms with Crippen molar-refractivity contribution in [2.75, 3.05) is 32.1 Å². The molecule has 3 aromatic rings. The van der Waals surface area contributed by atoms with Crippen LogP contribution in [0.4, 0.5) is 10.3 Å². The van der Waals surface area contributed by atoms with Crippen LogP contribution in [0.1, 0.15) is 11.5 Å². The molecule has 0 saturated carbocycles. The van der Waals surface area contributed by atoms with Gasteiger partial charge in [0, 0.05) is 32.1 Å². The van der Waals surface area contributed by atoms with Gasteiger partial charge in [-0.05, 0) is 31.8 Å². The molecule has 0 radical (unpaired) electrons. The molecule has 3 heterocycles. The van der Waals surface area contributed by atoms with E-state index < -0.39 is 0 Å². The molecular weight excluding hydrogens is 335 g/mol. The number of aromatic amines is 1. The van der Waals surface area contributed by atoms with Crippen LogP contribution < -0.4 is 10.5 Å². The van der Waals surface area contributed by atoms with Gasteiger partial charge in [-0.1, -0.05) is 12.1 Å². The second-order valence-corrected chi connectivity index (χ2v) is 6.99. The van der Waals surface area contributed by atoms with Gasteiger partial charge in [0.1, 0.15) is 11.2 Å². The molecule has 7 nitrogen and oxygen atoms in total. The van der Waals surface area contributed by atoms with Crippen molar-refractivity contribution >= 4 is 17.0 Å². The fraction of sp³-hybridized carbons (Fsp3) is 0.389. The summed E-state index contributed by atoms with van der Waals surface area (Å²) >= 11 is 0. The van der Waals surface area contributed by atoms with E-state index in [1.807, 2.05) is 26.2 Å². The third-order valence-corrected chi connectivity index (χ3v) is 5.14. The van der Waals surface area contributed by atoms with E-state index in [4.69, 9.17) is 0 Å². The number of nitrogens with zero attached hydrogens (tertiary/aromatic N) is 5. The molecule has 1 aliphatic heterocycles. The number of fused-ring (bicyclic) bond motifs is 1. The molecule has 1 aromatic carbocycles. The summed E-state index contributed by atoms with van der Waals surface area (Å²) in [6.45, 7) is 1.42. The monoisotopic (exact) mass is 356 g/mol. The Morgan fingerprint density at radius 2 is 1.96 bits per heavy atom. The SMILES string of the molecule is CN(C)[C@@H]1CN(c2nc3c(cnn3C)c(=O)[nH]2)C[C@H]1c1ccc(F)cc1. The molecule has 1 N–H and O–H groups in total. The normalized spacial score (nSPS) is 20.4. The highest BCUT2D eigenvalue weighted by atomic mass is 19.1. The number of hydrogen-bond donors (Lipinski definition) is 1. The summed E-state index contributed by atoms with van der Waals surface area (Å²) in [4.78, 5) is 24.1. The molecule has 1 aliphatic rings. The van der Waals surface area contributed by atoms with Gasteiger partial charge in [-0.25, -0.2) is 4.39 Å². The quantitative estimate of drug-likeness (QED) is 0.767. The second kappa shape index (κ2) is 6.21. The molecule has 0 spiro atoms. The minimum Gasteiger partial charge on any atom is -0.340 e. The number of hydrogen-bond acceptors (Lipinski definition) is 5. The van der Waals surface area contributed by atoms with Crippen LogP contribution in [0, 0.1) is 5.82 Å². The Kier molecular flexibility index (Phi) is 3.99. The third-order valence-electron chi connectivity index (χ3n) is 5.14. The van der Waals surface area contributed by atoms with Crippen LogP contribution >= 0.6 is 0 Å². The molecule has 26 heavy (non-hydrogen) atoms. The van der Waals surface area contributed by atoms with Gasteiger partial charge in [0.25, 0.3) is 5.56 Å². The number of H-pyrrole nitrogens is 1. The molecule has 2 atom stereocenters. The average molecular weight is 356 g/mol. The molecule has 136 valence electrons. The number of benzene rings is 1. The van der Waals surface area contributed by atoms with Crippen molar-refractivity contribution in [3.05, 3.63) is 52.2 Å². The van der Waals surface area contributed by atoms with Gasteiger partial charge in [-0.3, -0.25) is 14.5 Å². The topological polar surface area (TPSA) is 70.1 Å². The standard InChI is InChI=1S/C18H21FN6O/c1-23(2)15-10-25(9-14(15)11-4-6-12(19)7-5-11)18-21-16-13(17(26)22-18)8-20-24(16)3/h4-8,14-15H,9-10H2,1-3H3,(H,21,22,26)/t14-,15+/m0/s1. The van der Waals surface area contributed by atoms with Crippen molar-refractivity contribution in [3.8, 4) is 0 Å². The molecule has 0 bridgehead atoms. The first-order chi connectivity index (χ1) is 12.4. The Morgan fingerprint density at radius 3 is 2.65 bits per heavy atom. The zero-order chi connectivity index (χ0) is 18.4. The van der Waals surface area contributed by atoms with Crippen molar-refractivity contribution < 1.29 is 4.39 Å². The van der Waals surface area contributed by atoms with Crippen LogP contribution in [-0.4, -0.2) is 57.9 Å². The Balaban J connectivity index is 1.71. The third kappa shape index (κ3) is 2.76. The van der Waals surface area contributed by atoms with Gasteiger partial charge in [-0.15, -0.1) is 0 Å². The van der Waals surface area contributed by atoms with E-state index in [2.05, 4.69) is 24.9 Å². The van der Waals surface area contributed by atoms with E-state index in [9.17, 15) is 9.18 Å². The van der Waals surface area contributed by atoms with Crippen molar-refractivity contribution in [3.63, 3.8) is 0 Å². The highest BCUT2D eigenvalue weighted by Gasteiger charge is 2.36. The van der Waals surface area contributed by atoms with E-state index in [0.29, 0.717) is 23.5 Å². The predicted octanol–water partition coefficient (Wildman–Crippen LogP) is 1.33. The fourth-order valence-corrected chi connectivity index (χ4v) is 3.69. The molecule has 1 fully saturated rings. The minimum atomic E-state index is -0.238. The number of aromatic nitrogens is 4. The summed E-state index contributed by atoms with van der Waals surface area (Å²) in [6.07, 6.45) is 1.53. The fourth-order valence-electron chi connectivity index (χ4n) is 3.69. The van der Waals surface area contributed by atoms with E-state index in [0.717, 1.165) is 12.1 Å². The summed E-state index contributed by atoms with van der Waals surface area (Å²) < 4.78 is 14.9. The Bertz CT molecular complexity index is 993. The van der Waals surface area contributed by atoms with Crippen molar-refractivity contribution in [1.29, 1.82) is 0 Å². The zero-order valence-corrected chi connectivity index (χ0v) is 15.0. The molecule has 0 aliphatic carbocycles. The Hall–Kier alpha value is -2.74. The van der Waals surface area contributed by atoms with Gasteiger partial charge in [0.15, 0.2) is 5.65 Å². The van der Waals surface area contributed by atoms with Crippen molar-refractivity contribution in [2.24, 2.45) is 7.05 Å². The smallest absolute Gasteiger partial charge is 0.263 e. The zero-order valence-electron chi connectivity index (χ0n) is 15.0. The lowest BCUT2D eigenvalue weighted by molar-refractivity contribution is 0.292. The van der Waals surface area contributed by atoms with E-state index >= 15 is 0 Å². The Labute approximate surface area is 150 Å². The van der Waals surface area contributed by atoms with Gasteiger partial charge >= 0.3 is 0 Å². The van der Waals surface area contributed by atoms with Crippen LogP contribution in [0.2, 0.25) is 0 Å². The van der Waals surface area contributed by atoms with Gasteiger partial charge in [0.05, 0.1) is 6.20 Å². The highest BCUT2D eigenvalue weighted by Crippen LogP contribution is 2.32. The van der Waals surface area contributed by atoms with E-state index in [1.54, 1.807) is 11.7 Å². The summed E-state index contributed by atoms with van der Waals surface area (Å²) in [5.74, 6) is 0.498.